The maximum atomic E-state index is 5.76. The second kappa shape index (κ2) is 6.09. The number of nitrogens with zero attached hydrogens (tertiary/aromatic N) is 3. The third-order valence-corrected chi connectivity index (χ3v) is 2.90. The molecule has 1 fully saturated rings. The summed E-state index contributed by atoms with van der Waals surface area (Å²) in [6, 6.07) is 0.0928. The molecule has 1 aromatic rings. The summed E-state index contributed by atoms with van der Waals surface area (Å²) < 4.78 is 13.0. The molecule has 2 rings (SSSR count). The first-order chi connectivity index (χ1) is 8.33. The number of hydrogen-bond acceptors (Lipinski definition) is 5. The summed E-state index contributed by atoms with van der Waals surface area (Å²) in [6.07, 6.45) is 2.90. The molecule has 6 nitrogen and oxygen atoms in total. The van der Waals surface area contributed by atoms with Crippen LogP contribution >= 0.6 is 0 Å². The van der Waals surface area contributed by atoms with Crippen LogP contribution < -0.4 is 5.32 Å². The number of hydrogen-bond donors (Lipinski definition) is 1. The number of nitrogens with one attached hydrogen (secondary N) is 1. The Balaban J connectivity index is 2.09. The van der Waals surface area contributed by atoms with Gasteiger partial charge >= 0.3 is 0 Å². The average Bonchev–Trinajstić information content (AvgIpc) is 2.78. The molecular formula is C11H20N4O2. The predicted octanol–water partition coefficient (Wildman–Crippen LogP) is 0.271. The van der Waals surface area contributed by atoms with E-state index in [1.165, 1.54) is 0 Å². The van der Waals surface area contributed by atoms with Gasteiger partial charge in [-0.05, 0) is 13.0 Å². The van der Waals surface area contributed by atoms with Crippen molar-refractivity contribution in [1.29, 1.82) is 0 Å². The van der Waals surface area contributed by atoms with Gasteiger partial charge in [0.05, 0.1) is 37.8 Å². The zero-order valence-corrected chi connectivity index (χ0v) is 10.4. The maximum Gasteiger partial charge on any atom is 0.102 e. The first-order valence-electron chi connectivity index (χ1n) is 6.10. The normalized spacial score (nSPS) is 22.6. The summed E-state index contributed by atoms with van der Waals surface area (Å²) >= 11 is 0. The summed E-state index contributed by atoms with van der Waals surface area (Å²) in [4.78, 5) is 0. The van der Waals surface area contributed by atoms with Gasteiger partial charge in [0.25, 0.3) is 0 Å². The van der Waals surface area contributed by atoms with E-state index in [0.29, 0.717) is 19.8 Å². The molecule has 0 saturated carbocycles. The molecular weight excluding hydrogens is 220 g/mol. The van der Waals surface area contributed by atoms with Crippen LogP contribution in [0.1, 0.15) is 25.1 Å². The van der Waals surface area contributed by atoms with Crippen molar-refractivity contribution in [3.63, 3.8) is 0 Å². The minimum absolute atomic E-state index is 0.0347. The van der Waals surface area contributed by atoms with Gasteiger partial charge in [-0.3, -0.25) is 4.68 Å². The van der Waals surface area contributed by atoms with Crippen LogP contribution in [0.15, 0.2) is 6.20 Å². The number of rotatable bonds is 5. The lowest BCUT2D eigenvalue weighted by molar-refractivity contribution is -0.103. The highest BCUT2D eigenvalue weighted by atomic mass is 16.6. The molecule has 0 aliphatic carbocycles. The van der Waals surface area contributed by atoms with Gasteiger partial charge in [-0.2, -0.15) is 0 Å². The molecule has 0 spiro atoms. The van der Waals surface area contributed by atoms with E-state index in [-0.39, 0.29) is 12.1 Å². The zero-order valence-electron chi connectivity index (χ0n) is 10.4. The van der Waals surface area contributed by atoms with E-state index in [0.717, 1.165) is 18.7 Å². The van der Waals surface area contributed by atoms with Crippen molar-refractivity contribution in [3.05, 3.63) is 11.9 Å². The van der Waals surface area contributed by atoms with Gasteiger partial charge in [-0.25, -0.2) is 0 Å². The molecule has 0 bridgehead atoms. The van der Waals surface area contributed by atoms with Crippen molar-refractivity contribution < 1.29 is 9.47 Å². The van der Waals surface area contributed by atoms with Crippen molar-refractivity contribution in [2.75, 3.05) is 26.4 Å². The number of aromatic nitrogens is 3. The third kappa shape index (κ3) is 3.02. The van der Waals surface area contributed by atoms with Crippen LogP contribution in [0.25, 0.3) is 0 Å². The largest absolute Gasteiger partial charge is 0.376 e. The van der Waals surface area contributed by atoms with Gasteiger partial charge in [-0.1, -0.05) is 12.1 Å². The van der Waals surface area contributed by atoms with Gasteiger partial charge < -0.3 is 14.8 Å². The van der Waals surface area contributed by atoms with E-state index in [9.17, 15) is 0 Å². The van der Waals surface area contributed by atoms with Crippen LogP contribution in [0, 0.1) is 0 Å². The number of ether oxygens (including phenoxy) is 2. The summed E-state index contributed by atoms with van der Waals surface area (Å²) in [7, 11) is 1.90. The highest BCUT2D eigenvalue weighted by Crippen LogP contribution is 2.20. The highest BCUT2D eigenvalue weighted by Gasteiger charge is 2.28. The lowest BCUT2D eigenvalue weighted by Gasteiger charge is -2.30. The van der Waals surface area contributed by atoms with E-state index in [1.54, 1.807) is 10.9 Å². The van der Waals surface area contributed by atoms with Crippen molar-refractivity contribution in [1.82, 2.24) is 20.3 Å². The second-order valence-electron chi connectivity index (χ2n) is 4.20. The Morgan fingerprint density at radius 3 is 3.06 bits per heavy atom. The molecule has 1 aliphatic rings. The quantitative estimate of drug-likeness (QED) is 0.800. The Morgan fingerprint density at radius 1 is 1.59 bits per heavy atom. The summed E-state index contributed by atoms with van der Waals surface area (Å²) in [5, 5.41) is 11.4. The molecule has 0 radical (unpaired) electrons. The molecule has 0 aromatic carbocycles. The topological polar surface area (TPSA) is 61.2 Å². The Hall–Kier alpha value is -0.980. The summed E-state index contributed by atoms with van der Waals surface area (Å²) in [5.74, 6) is 0. The standard InChI is InChI=1S/C11H20N4O2/c1-3-4-12-11(9-7-13-14-15(9)2)10-8-16-5-6-17-10/h7,10-12H,3-6,8H2,1-2H3. The molecule has 0 amide bonds. The predicted molar refractivity (Wildman–Crippen MR) is 62.6 cm³/mol. The Bertz CT molecular complexity index is 336. The van der Waals surface area contributed by atoms with Gasteiger partial charge in [-0.15, -0.1) is 5.10 Å². The minimum Gasteiger partial charge on any atom is -0.376 e. The third-order valence-electron chi connectivity index (χ3n) is 2.90. The zero-order chi connectivity index (χ0) is 12.1. The van der Waals surface area contributed by atoms with E-state index in [2.05, 4.69) is 22.6 Å². The molecule has 6 heteroatoms. The maximum absolute atomic E-state index is 5.76. The molecule has 2 unspecified atom stereocenters. The van der Waals surface area contributed by atoms with Crippen LogP contribution in [0.5, 0.6) is 0 Å². The van der Waals surface area contributed by atoms with Crippen molar-refractivity contribution in [2.24, 2.45) is 7.05 Å². The smallest absolute Gasteiger partial charge is 0.102 e. The lowest BCUT2D eigenvalue weighted by Crippen LogP contribution is -2.41. The van der Waals surface area contributed by atoms with E-state index in [1.807, 2.05) is 7.05 Å². The molecule has 2 atom stereocenters. The fourth-order valence-corrected chi connectivity index (χ4v) is 2.00. The molecule has 96 valence electrons. The molecule has 1 aliphatic heterocycles. The van der Waals surface area contributed by atoms with E-state index < -0.39 is 0 Å². The molecule has 17 heavy (non-hydrogen) atoms. The van der Waals surface area contributed by atoms with Crippen LogP contribution in [0.3, 0.4) is 0 Å². The van der Waals surface area contributed by atoms with Crippen LogP contribution in [0.2, 0.25) is 0 Å². The second-order valence-corrected chi connectivity index (χ2v) is 4.20. The SMILES string of the molecule is CCCNC(c1cnnn1C)C1COCCO1. The highest BCUT2D eigenvalue weighted by molar-refractivity contribution is 5.05. The van der Waals surface area contributed by atoms with Crippen LogP contribution in [0.4, 0.5) is 0 Å². The first kappa shape index (κ1) is 12.5. The monoisotopic (exact) mass is 240 g/mol. The Morgan fingerprint density at radius 2 is 2.47 bits per heavy atom. The Kier molecular flexibility index (Phi) is 4.47. The fraction of sp³-hybridized carbons (Fsp3) is 0.818. The van der Waals surface area contributed by atoms with Crippen molar-refractivity contribution in [2.45, 2.75) is 25.5 Å². The summed E-state index contributed by atoms with van der Waals surface area (Å²) in [5.41, 5.74) is 1.04. The first-order valence-corrected chi connectivity index (χ1v) is 6.10. The molecule has 1 saturated heterocycles. The fourth-order valence-electron chi connectivity index (χ4n) is 2.00. The van der Waals surface area contributed by atoms with Crippen LogP contribution in [-0.4, -0.2) is 47.5 Å². The summed E-state index contributed by atoms with van der Waals surface area (Å²) in [6.45, 7) is 5.03. The number of aryl methyl sites for hydroxylation is 1. The van der Waals surface area contributed by atoms with Gasteiger partial charge in [0.15, 0.2) is 0 Å². The van der Waals surface area contributed by atoms with Gasteiger partial charge in [0.2, 0.25) is 0 Å². The van der Waals surface area contributed by atoms with Gasteiger partial charge in [0.1, 0.15) is 6.10 Å². The minimum atomic E-state index is 0.0347. The lowest BCUT2D eigenvalue weighted by atomic mass is 10.1. The van der Waals surface area contributed by atoms with Crippen LogP contribution in [-0.2, 0) is 16.5 Å². The van der Waals surface area contributed by atoms with Crippen molar-refractivity contribution >= 4 is 0 Å². The molecule has 2 heterocycles. The molecule has 1 aromatic heterocycles. The van der Waals surface area contributed by atoms with E-state index >= 15 is 0 Å². The van der Waals surface area contributed by atoms with Crippen molar-refractivity contribution in [3.8, 4) is 0 Å². The average molecular weight is 240 g/mol. The van der Waals surface area contributed by atoms with E-state index in [4.69, 9.17) is 9.47 Å². The Labute approximate surface area is 101 Å². The van der Waals surface area contributed by atoms with Gasteiger partial charge in [0, 0.05) is 7.05 Å². The molecule has 1 N–H and O–H groups in total.